The molecule has 0 saturated carbocycles. The zero-order valence-electron chi connectivity index (χ0n) is 28.2. The number of nitro groups is 2. The molecule has 0 radical (unpaired) electrons. The van der Waals surface area contributed by atoms with Gasteiger partial charge in [-0.2, -0.15) is 0 Å². The van der Waals surface area contributed by atoms with Crippen LogP contribution in [0.2, 0.25) is 0 Å². The minimum Gasteiger partial charge on any atom is -0.293 e. The van der Waals surface area contributed by atoms with E-state index in [-0.39, 0.29) is 58.2 Å². The Morgan fingerprint density at radius 2 is 0.926 bits per heavy atom. The summed E-state index contributed by atoms with van der Waals surface area (Å²) in [6.07, 6.45) is 3.28. The van der Waals surface area contributed by atoms with E-state index in [9.17, 15) is 49.0 Å². The van der Waals surface area contributed by atoms with Crippen LogP contribution in [0, 0.1) is 20.2 Å². The summed E-state index contributed by atoms with van der Waals surface area (Å²) in [5, 5.41) is 21.5. The Morgan fingerprint density at radius 3 is 1.26 bits per heavy atom. The third-order valence-corrected chi connectivity index (χ3v) is 10.8. The van der Waals surface area contributed by atoms with Gasteiger partial charge < -0.3 is 0 Å². The maximum atomic E-state index is 13.2. The Hall–Kier alpha value is -5.32. The van der Waals surface area contributed by atoms with E-state index in [1.165, 1.54) is 58.3 Å². The number of hydrogen-bond donors (Lipinski definition) is 4. The lowest BCUT2D eigenvalue weighted by Crippen LogP contribution is -2.41. The molecule has 0 atom stereocenters. The molecular weight excluding hydrogens is 785 g/mol. The first kappa shape index (κ1) is 41.4. The first-order valence-electron chi connectivity index (χ1n) is 16.3. The molecule has 22 heteroatoms. The molecule has 0 spiro atoms. The van der Waals surface area contributed by atoms with Crippen LogP contribution >= 0.6 is 48.0 Å². The maximum absolute atomic E-state index is 13.2. The molecule has 2 aliphatic rings. The monoisotopic (exact) mass is 816 g/mol. The summed E-state index contributed by atoms with van der Waals surface area (Å²) in [6, 6.07) is 9.80. The largest absolute Gasteiger partial charge is 0.293 e. The minimum absolute atomic E-state index is 0.0962. The van der Waals surface area contributed by atoms with E-state index in [0.29, 0.717) is 47.2 Å². The molecule has 0 aromatic heterocycles. The average molecular weight is 817 g/mol. The Morgan fingerprint density at radius 1 is 0.574 bits per heavy atom. The van der Waals surface area contributed by atoms with Crippen molar-refractivity contribution in [2.45, 2.75) is 51.4 Å². The number of nitrogens with one attached hydrogen (secondary N) is 4. The Labute approximate surface area is 326 Å². The number of carbonyl (C=O) groups is 6. The van der Waals surface area contributed by atoms with Crippen molar-refractivity contribution in [3.05, 3.63) is 89.7 Å². The van der Waals surface area contributed by atoms with Crippen molar-refractivity contribution in [3.8, 4) is 0 Å². The predicted molar refractivity (Wildman–Crippen MR) is 205 cm³/mol. The summed E-state index contributed by atoms with van der Waals surface area (Å²) in [4.78, 5) is 98.6. The van der Waals surface area contributed by atoms with Gasteiger partial charge in [-0.25, -0.2) is 0 Å². The van der Waals surface area contributed by atoms with Gasteiger partial charge in [0.15, 0.2) is 0 Å². The molecule has 2 aromatic rings. The van der Waals surface area contributed by atoms with Crippen molar-refractivity contribution in [2.24, 2.45) is 0 Å². The van der Waals surface area contributed by atoms with E-state index in [0.717, 1.165) is 23.5 Å². The molecule has 284 valence electrons. The highest BCUT2D eigenvalue weighted by atomic mass is 32.2. The molecule has 54 heavy (non-hydrogen) atoms. The maximum Gasteiger partial charge on any atom is 0.269 e. The van der Waals surface area contributed by atoms with Gasteiger partial charge in [0, 0.05) is 61.3 Å². The van der Waals surface area contributed by atoms with Crippen LogP contribution in [0.25, 0.3) is 0 Å². The molecule has 2 aromatic carbocycles. The average Bonchev–Trinajstić information content (AvgIpc) is 3.60. The second-order valence-electron chi connectivity index (χ2n) is 11.5. The van der Waals surface area contributed by atoms with Crippen LogP contribution in [0.4, 0.5) is 11.4 Å². The lowest BCUT2D eigenvalue weighted by molar-refractivity contribution is -0.385. The van der Waals surface area contributed by atoms with Gasteiger partial charge in [0.25, 0.3) is 35.0 Å². The molecule has 0 unspecified atom stereocenters. The van der Waals surface area contributed by atoms with Crippen molar-refractivity contribution in [3.63, 3.8) is 0 Å². The zero-order chi connectivity index (χ0) is 39.4. The van der Waals surface area contributed by atoms with Crippen LogP contribution in [0.3, 0.4) is 0 Å². The first-order valence-corrected chi connectivity index (χ1v) is 18.7. The van der Waals surface area contributed by atoms with Crippen molar-refractivity contribution in [1.82, 2.24) is 31.5 Å². The molecule has 2 aliphatic heterocycles. The summed E-state index contributed by atoms with van der Waals surface area (Å²) in [5.74, 6) is -2.93. The topological polar surface area (TPSA) is 243 Å². The number of hydrazine groups is 2. The second kappa shape index (κ2) is 19.7. The molecule has 2 heterocycles. The third kappa shape index (κ3) is 11.3. The van der Waals surface area contributed by atoms with Crippen LogP contribution in [0.1, 0.15) is 72.1 Å². The lowest BCUT2D eigenvalue weighted by Gasteiger charge is -2.14. The number of nitrogens with zero attached hydrogens (tertiary/aromatic N) is 4. The normalized spacial score (nSPS) is 15.3. The van der Waals surface area contributed by atoms with Crippen LogP contribution in [-0.4, -0.2) is 76.8 Å². The van der Waals surface area contributed by atoms with E-state index in [1.54, 1.807) is 0 Å². The molecule has 4 N–H and O–H groups in total. The van der Waals surface area contributed by atoms with Crippen molar-refractivity contribution >= 4 is 103 Å². The van der Waals surface area contributed by atoms with Gasteiger partial charge in [-0.1, -0.05) is 60.8 Å². The lowest BCUT2D eigenvalue weighted by atomic mass is 10.2. The Kier molecular flexibility index (Phi) is 15.1. The molecule has 18 nitrogen and oxygen atoms in total. The number of unbranched alkanes of at least 4 members (excludes halogenated alkanes) is 4. The smallest absolute Gasteiger partial charge is 0.269 e. The summed E-state index contributed by atoms with van der Waals surface area (Å²) < 4.78 is 0.600. The van der Waals surface area contributed by atoms with E-state index in [4.69, 9.17) is 24.4 Å². The zero-order valence-corrected chi connectivity index (χ0v) is 31.5. The minimum atomic E-state index is -0.628. The van der Waals surface area contributed by atoms with Crippen molar-refractivity contribution in [2.75, 3.05) is 13.1 Å². The predicted octanol–water partition coefficient (Wildman–Crippen LogP) is 3.78. The summed E-state index contributed by atoms with van der Waals surface area (Å²) in [5.41, 5.74) is 9.03. The first-order chi connectivity index (χ1) is 25.8. The van der Waals surface area contributed by atoms with Gasteiger partial charge >= 0.3 is 0 Å². The van der Waals surface area contributed by atoms with Gasteiger partial charge in [-0.3, -0.25) is 80.5 Å². The number of non-ortho nitro benzene ring substituents is 2. The number of benzene rings is 2. The Balaban J connectivity index is 1.12. The molecule has 0 bridgehead atoms. The van der Waals surface area contributed by atoms with Gasteiger partial charge in [0.2, 0.25) is 11.8 Å². The number of thiocarbonyl (C=S) groups is 2. The standard InChI is InChI=1S/C32H32N8O10S4/c41-23(33-35-27(43)19-9-13-21(14-10-19)39(47)48)7-3-1-5-17-37-29(45)25(53-31(37)51)26-30(46)38(32(52)54-26)18-6-2-4-8-24(42)34-36-28(44)20-11-15-22(16-12-20)40(49)50/h9-16H,1-8,17-18H2,(H,33,41)(H,34,42)(H,35,43)(H,36,44)/b26-25+. The highest BCUT2D eigenvalue weighted by Gasteiger charge is 2.41. The molecule has 2 saturated heterocycles. The van der Waals surface area contributed by atoms with E-state index < -0.39 is 45.3 Å². The number of nitro benzene ring substituents is 2. The summed E-state index contributed by atoms with van der Waals surface area (Å²) >= 11 is 12.9. The number of hydrogen-bond acceptors (Lipinski definition) is 14. The second-order valence-corrected chi connectivity index (χ2v) is 14.8. The van der Waals surface area contributed by atoms with Crippen LogP contribution in [0.15, 0.2) is 58.3 Å². The highest BCUT2D eigenvalue weighted by Crippen LogP contribution is 2.42. The SMILES string of the molecule is O=C(CCCCCN1C(=O)/C(=C2\SC(=S)N(CCCCCC(=O)NNC(=O)c3ccc([N+](=O)[O-])cc3)C2=O)SC1=S)NNC(=O)c1ccc([N+](=O)[O-])cc1. The molecule has 2 fully saturated rings. The van der Waals surface area contributed by atoms with Gasteiger partial charge in [0.1, 0.15) is 8.64 Å². The van der Waals surface area contributed by atoms with E-state index in [2.05, 4.69) is 21.7 Å². The molecule has 0 aliphatic carbocycles. The number of carbonyl (C=O) groups excluding carboxylic acids is 6. The quantitative estimate of drug-likeness (QED) is 0.0620. The van der Waals surface area contributed by atoms with Crippen LogP contribution < -0.4 is 21.7 Å². The van der Waals surface area contributed by atoms with E-state index >= 15 is 0 Å². The highest BCUT2D eigenvalue weighted by molar-refractivity contribution is 8.29. The summed E-state index contributed by atoms with van der Waals surface area (Å²) in [6.45, 7) is 0.558. The van der Waals surface area contributed by atoms with Gasteiger partial charge in [-0.05, 0) is 49.9 Å². The van der Waals surface area contributed by atoms with Crippen molar-refractivity contribution in [1.29, 1.82) is 0 Å². The number of amides is 6. The summed E-state index contributed by atoms with van der Waals surface area (Å²) in [7, 11) is 0. The van der Waals surface area contributed by atoms with Gasteiger partial charge in [-0.15, -0.1) is 0 Å². The van der Waals surface area contributed by atoms with Crippen molar-refractivity contribution < 1.29 is 38.6 Å². The Bertz CT molecular complexity index is 1770. The molecule has 6 amide bonds. The van der Waals surface area contributed by atoms with Gasteiger partial charge in [0.05, 0.1) is 19.7 Å². The van der Waals surface area contributed by atoms with E-state index in [1.807, 2.05) is 0 Å². The van der Waals surface area contributed by atoms with Crippen LogP contribution in [-0.2, 0) is 19.2 Å². The third-order valence-electron chi connectivity index (χ3n) is 7.79. The number of rotatable bonds is 16. The fourth-order valence-electron chi connectivity index (χ4n) is 4.91. The molecule has 4 rings (SSSR count). The number of thioether (sulfide) groups is 2. The van der Waals surface area contributed by atoms with Crippen LogP contribution in [0.5, 0.6) is 0 Å². The molecular formula is C32H32N8O10S4. The fraction of sp³-hybridized carbons (Fsp3) is 0.312. The fourth-order valence-corrected chi connectivity index (χ4v) is 7.68.